The molecule has 0 fully saturated rings. The zero-order valence-electron chi connectivity index (χ0n) is 9.24. The molecule has 1 N–H and O–H groups in total. The predicted octanol–water partition coefficient (Wildman–Crippen LogP) is 3.66. The Kier molecular flexibility index (Phi) is 3.27. The van der Waals surface area contributed by atoms with Gasteiger partial charge in [0.15, 0.2) is 5.69 Å². The molecule has 0 spiro atoms. The number of halogens is 1. The summed E-state index contributed by atoms with van der Waals surface area (Å²) in [5.41, 5.74) is 2.90. The fourth-order valence-electron chi connectivity index (χ4n) is 1.42. The van der Waals surface area contributed by atoms with Crippen LogP contribution in [0.2, 0.25) is 5.02 Å². The van der Waals surface area contributed by atoms with Gasteiger partial charge in [-0.05, 0) is 36.8 Å². The molecule has 17 heavy (non-hydrogen) atoms. The molecule has 0 aliphatic rings. The maximum atomic E-state index is 8.92. The van der Waals surface area contributed by atoms with Crippen molar-refractivity contribution in [2.75, 3.05) is 5.32 Å². The molecule has 0 atom stereocenters. The number of pyridine rings is 1. The lowest BCUT2D eigenvalue weighted by atomic mass is 10.2. The Morgan fingerprint density at radius 2 is 2.18 bits per heavy atom. The third-order valence-corrected chi connectivity index (χ3v) is 2.77. The lowest BCUT2D eigenvalue weighted by Crippen LogP contribution is -1.95. The van der Waals surface area contributed by atoms with E-state index in [9.17, 15) is 0 Å². The zero-order valence-corrected chi connectivity index (χ0v) is 9.99. The first kappa shape index (κ1) is 11.4. The number of nitriles is 1. The second-order valence-electron chi connectivity index (χ2n) is 3.60. The minimum atomic E-state index is 0.365. The minimum absolute atomic E-state index is 0.365. The van der Waals surface area contributed by atoms with Gasteiger partial charge in [0.2, 0.25) is 0 Å². The molecule has 0 bridgehead atoms. The highest BCUT2D eigenvalue weighted by atomic mass is 35.5. The summed E-state index contributed by atoms with van der Waals surface area (Å²) in [6, 6.07) is 11.3. The molecule has 1 heterocycles. The summed E-state index contributed by atoms with van der Waals surface area (Å²) >= 11 is 6.03. The Hall–Kier alpha value is -2.05. The molecule has 84 valence electrons. The van der Waals surface area contributed by atoms with Gasteiger partial charge in [-0.25, -0.2) is 4.98 Å². The summed E-state index contributed by atoms with van der Waals surface area (Å²) in [7, 11) is 0. The maximum absolute atomic E-state index is 8.92. The van der Waals surface area contributed by atoms with Gasteiger partial charge >= 0.3 is 0 Å². The van der Waals surface area contributed by atoms with Crippen LogP contribution in [0.1, 0.15) is 11.3 Å². The molecule has 2 rings (SSSR count). The smallest absolute Gasteiger partial charge is 0.163 e. The second-order valence-corrected chi connectivity index (χ2v) is 4.01. The number of nitrogens with one attached hydrogen (secondary N) is 1. The van der Waals surface area contributed by atoms with Crippen LogP contribution in [-0.2, 0) is 0 Å². The topological polar surface area (TPSA) is 48.7 Å². The molecule has 0 amide bonds. The quantitative estimate of drug-likeness (QED) is 0.876. The van der Waals surface area contributed by atoms with Gasteiger partial charge in [0.1, 0.15) is 6.07 Å². The van der Waals surface area contributed by atoms with Crippen LogP contribution < -0.4 is 5.32 Å². The number of benzene rings is 1. The molecule has 0 aliphatic carbocycles. The van der Waals surface area contributed by atoms with E-state index in [0.717, 1.165) is 11.3 Å². The van der Waals surface area contributed by atoms with E-state index in [1.807, 2.05) is 31.2 Å². The van der Waals surface area contributed by atoms with Crippen molar-refractivity contribution in [2.24, 2.45) is 0 Å². The van der Waals surface area contributed by atoms with Gasteiger partial charge in [0.25, 0.3) is 0 Å². The molecule has 3 nitrogen and oxygen atoms in total. The van der Waals surface area contributed by atoms with E-state index >= 15 is 0 Å². The zero-order chi connectivity index (χ0) is 12.3. The predicted molar refractivity (Wildman–Crippen MR) is 68.4 cm³/mol. The van der Waals surface area contributed by atoms with E-state index in [-0.39, 0.29) is 0 Å². The molecule has 1 aromatic heterocycles. The van der Waals surface area contributed by atoms with Crippen molar-refractivity contribution in [3.05, 3.63) is 52.8 Å². The number of anilines is 2. The van der Waals surface area contributed by atoms with Crippen molar-refractivity contribution in [1.82, 2.24) is 4.98 Å². The summed E-state index contributed by atoms with van der Waals surface area (Å²) in [5, 5.41) is 12.7. The SMILES string of the molecule is Cc1ccc(Nc2cccnc2C#N)cc1Cl. The first-order valence-electron chi connectivity index (χ1n) is 5.09. The summed E-state index contributed by atoms with van der Waals surface area (Å²) in [4.78, 5) is 3.98. The van der Waals surface area contributed by atoms with Crippen LogP contribution in [-0.4, -0.2) is 4.98 Å². The van der Waals surface area contributed by atoms with E-state index in [2.05, 4.69) is 10.3 Å². The Morgan fingerprint density at radius 1 is 1.35 bits per heavy atom. The van der Waals surface area contributed by atoms with Crippen molar-refractivity contribution < 1.29 is 0 Å². The Morgan fingerprint density at radius 3 is 2.88 bits per heavy atom. The fraction of sp³-hybridized carbons (Fsp3) is 0.0769. The van der Waals surface area contributed by atoms with Crippen LogP contribution in [0.4, 0.5) is 11.4 Å². The highest BCUT2D eigenvalue weighted by molar-refractivity contribution is 6.31. The van der Waals surface area contributed by atoms with E-state index in [0.29, 0.717) is 16.4 Å². The Balaban J connectivity index is 2.32. The number of rotatable bonds is 2. The van der Waals surface area contributed by atoms with Gasteiger partial charge in [0.05, 0.1) is 5.69 Å². The maximum Gasteiger partial charge on any atom is 0.163 e. The molecular weight excluding hydrogens is 234 g/mol. The molecule has 4 heteroatoms. The monoisotopic (exact) mass is 243 g/mol. The Labute approximate surface area is 105 Å². The van der Waals surface area contributed by atoms with Crippen molar-refractivity contribution in [1.29, 1.82) is 5.26 Å². The molecule has 2 aromatic rings. The van der Waals surface area contributed by atoms with Crippen LogP contribution in [0.3, 0.4) is 0 Å². The van der Waals surface area contributed by atoms with Gasteiger partial charge < -0.3 is 5.32 Å². The first-order valence-corrected chi connectivity index (χ1v) is 5.47. The fourth-order valence-corrected chi connectivity index (χ4v) is 1.60. The lowest BCUT2D eigenvalue weighted by Gasteiger charge is -2.08. The van der Waals surface area contributed by atoms with E-state index in [1.54, 1.807) is 18.3 Å². The summed E-state index contributed by atoms with van der Waals surface area (Å²) in [5.74, 6) is 0. The molecule has 0 saturated heterocycles. The van der Waals surface area contributed by atoms with Gasteiger partial charge in [0, 0.05) is 16.9 Å². The molecule has 0 unspecified atom stereocenters. The largest absolute Gasteiger partial charge is 0.353 e. The van der Waals surface area contributed by atoms with Crippen molar-refractivity contribution in [3.8, 4) is 6.07 Å². The number of aromatic nitrogens is 1. The summed E-state index contributed by atoms with van der Waals surface area (Å²) in [6.07, 6.45) is 1.59. The van der Waals surface area contributed by atoms with E-state index < -0.39 is 0 Å². The van der Waals surface area contributed by atoms with Gasteiger partial charge in [-0.2, -0.15) is 5.26 Å². The van der Waals surface area contributed by atoms with Gasteiger partial charge in [-0.1, -0.05) is 17.7 Å². The third-order valence-electron chi connectivity index (χ3n) is 2.36. The average molecular weight is 244 g/mol. The highest BCUT2D eigenvalue weighted by Crippen LogP contribution is 2.24. The van der Waals surface area contributed by atoms with E-state index in [1.165, 1.54) is 0 Å². The third kappa shape index (κ3) is 2.55. The molecule has 0 saturated carbocycles. The van der Waals surface area contributed by atoms with Crippen LogP contribution in [0.15, 0.2) is 36.5 Å². The summed E-state index contributed by atoms with van der Waals surface area (Å²) in [6.45, 7) is 1.94. The average Bonchev–Trinajstić information content (AvgIpc) is 2.34. The molecule has 0 radical (unpaired) electrons. The standard InChI is InChI=1S/C13H10ClN3/c1-9-4-5-10(7-11(9)14)17-12-3-2-6-16-13(12)8-15/h2-7,17H,1H3. The Bertz CT molecular complexity index is 587. The molecule has 0 aliphatic heterocycles. The summed E-state index contributed by atoms with van der Waals surface area (Å²) < 4.78 is 0. The number of hydrogen-bond acceptors (Lipinski definition) is 3. The van der Waals surface area contributed by atoms with Crippen molar-refractivity contribution in [2.45, 2.75) is 6.92 Å². The number of nitrogens with zero attached hydrogens (tertiary/aromatic N) is 2. The van der Waals surface area contributed by atoms with E-state index in [4.69, 9.17) is 16.9 Å². The molecule has 1 aromatic carbocycles. The number of hydrogen-bond donors (Lipinski definition) is 1. The van der Waals surface area contributed by atoms with Gasteiger partial charge in [-0.3, -0.25) is 0 Å². The highest BCUT2D eigenvalue weighted by Gasteiger charge is 2.03. The molecular formula is C13H10ClN3. The van der Waals surface area contributed by atoms with Crippen LogP contribution in [0, 0.1) is 18.3 Å². The lowest BCUT2D eigenvalue weighted by molar-refractivity contribution is 1.26. The van der Waals surface area contributed by atoms with Crippen LogP contribution in [0.5, 0.6) is 0 Å². The van der Waals surface area contributed by atoms with Crippen molar-refractivity contribution in [3.63, 3.8) is 0 Å². The minimum Gasteiger partial charge on any atom is -0.353 e. The van der Waals surface area contributed by atoms with Crippen molar-refractivity contribution >= 4 is 23.0 Å². The normalized spacial score (nSPS) is 9.71. The first-order chi connectivity index (χ1) is 8.20. The number of aryl methyl sites for hydroxylation is 1. The van der Waals surface area contributed by atoms with Gasteiger partial charge in [-0.15, -0.1) is 0 Å². The van der Waals surface area contributed by atoms with Crippen LogP contribution in [0.25, 0.3) is 0 Å². The van der Waals surface area contributed by atoms with Crippen LogP contribution >= 0.6 is 11.6 Å². The second kappa shape index (κ2) is 4.86.